The van der Waals surface area contributed by atoms with Gasteiger partial charge in [-0.15, -0.1) is 0 Å². The molecule has 1 heterocycles. The van der Waals surface area contributed by atoms with Crippen molar-refractivity contribution in [3.05, 3.63) is 0 Å². The largest absolute Gasteiger partial charge is 0.480 e. The minimum Gasteiger partial charge on any atom is -0.480 e. The van der Waals surface area contributed by atoms with E-state index in [4.69, 9.17) is 5.11 Å². The first-order chi connectivity index (χ1) is 5.93. The number of rotatable bonds is 1. The normalized spacial score (nSPS) is 25.9. The summed E-state index contributed by atoms with van der Waals surface area (Å²) in [6.45, 7) is -0.208. The number of hydrogen-bond donors (Lipinski definition) is 1. The summed E-state index contributed by atoms with van der Waals surface area (Å²) < 4.78 is 36.6. The Bertz CT molecular complexity index is 204. The van der Waals surface area contributed by atoms with Crippen molar-refractivity contribution in [1.82, 2.24) is 4.90 Å². The summed E-state index contributed by atoms with van der Waals surface area (Å²) in [6.07, 6.45) is -3.49. The molecule has 76 valence electrons. The molecule has 1 aliphatic rings. The zero-order chi connectivity index (χ0) is 10.1. The van der Waals surface area contributed by atoms with Gasteiger partial charge in [-0.25, -0.2) is 4.90 Å². The summed E-state index contributed by atoms with van der Waals surface area (Å²) >= 11 is 0. The summed E-state index contributed by atoms with van der Waals surface area (Å²) in [7, 11) is 0. The zero-order valence-corrected chi connectivity index (χ0v) is 6.84. The molecular formula is C7H10F3NO2. The quantitative estimate of drug-likeness (QED) is 0.646. The maximum atomic E-state index is 12.2. The Balaban J connectivity index is 2.73. The highest BCUT2D eigenvalue weighted by molar-refractivity contribution is 5.73. The fraction of sp³-hybridized carbons (Fsp3) is 0.857. The summed E-state index contributed by atoms with van der Waals surface area (Å²) in [5.74, 6) is -1.39. The first-order valence-electron chi connectivity index (χ1n) is 3.99. The number of carboxylic acids is 1. The Hall–Kier alpha value is -0.780. The highest BCUT2D eigenvalue weighted by Gasteiger charge is 2.45. The predicted molar refractivity (Wildman–Crippen MR) is 38.0 cm³/mol. The van der Waals surface area contributed by atoms with Gasteiger partial charge in [-0.3, -0.25) is 4.79 Å². The van der Waals surface area contributed by atoms with Crippen LogP contribution in [0.3, 0.4) is 0 Å². The van der Waals surface area contributed by atoms with Crippen LogP contribution < -0.4 is 0 Å². The van der Waals surface area contributed by atoms with Gasteiger partial charge in [0, 0.05) is 6.54 Å². The second kappa shape index (κ2) is 3.53. The highest BCUT2D eigenvalue weighted by Crippen LogP contribution is 2.29. The molecule has 0 aromatic heterocycles. The van der Waals surface area contributed by atoms with Gasteiger partial charge in [0.1, 0.15) is 6.04 Å². The molecule has 0 bridgehead atoms. The number of piperidine rings is 1. The molecule has 6 heteroatoms. The summed E-state index contributed by atoms with van der Waals surface area (Å²) in [5, 5.41) is 8.53. The van der Waals surface area contributed by atoms with Crippen LogP contribution in [0.2, 0.25) is 0 Å². The van der Waals surface area contributed by atoms with Crippen LogP contribution in [0.15, 0.2) is 0 Å². The lowest BCUT2D eigenvalue weighted by Gasteiger charge is -2.33. The fourth-order valence-corrected chi connectivity index (χ4v) is 1.49. The Morgan fingerprint density at radius 3 is 2.38 bits per heavy atom. The molecule has 0 aliphatic carbocycles. The molecule has 3 nitrogen and oxygen atoms in total. The minimum absolute atomic E-state index is 0.0782. The fourth-order valence-electron chi connectivity index (χ4n) is 1.49. The second-order valence-electron chi connectivity index (χ2n) is 3.01. The van der Waals surface area contributed by atoms with E-state index < -0.39 is 18.3 Å². The van der Waals surface area contributed by atoms with Crippen LogP contribution in [0.1, 0.15) is 19.3 Å². The van der Waals surface area contributed by atoms with Gasteiger partial charge in [0.15, 0.2) is 0 Å². The molecule has 0 radical (unpaired) electrons. The Morgan fingerprint density at radius 2 is 2.00 bits per heavy atom. The third kappa shape index (κ3) is 2.33. The summed E-state index contributed by atoms with van der Waals surface area (Å²) in [5.41, 5.74) is 0. The Labute approximate surface area is 73.1 Å². The van der Waals surface area contributed by atoms with Gasteiger partial charge in [0.25, 0.3) is 0 Å². The number of carbonyl (C=O) groups is 1. The van der Waals surface area contributed by atoms with E-state index in [-0.39, 0.29) is 17.9 Å². The van der Waals surface area contributed by atoms with Gasteiger partial charge < -0.3 is 5.11 Å². The van der Waals surface area contributed by atoms with E-state index in [2.05, 4.69) is 0 Å². The van der Waals surface area contributed by atoms with E-state index in [9.17, 15) is 18.0 Å². The van der Waals surface area contributed by atoms with Gasteiger partial charge >= 0.3 is 12.3 Å². The molecule has 1 saturated heterocycles. The van der Waals surface area contributed by atoms with Gasteiger partial charge in [0.05, 0.1) is 0 Å². The molecule has 0 aromatic rings. The second-order valence-corrected chi connectivity index (χ2v) is 3.01. The van der Waals surface area contributed by atoms with E-state index in [0.29, 0.717) is 12.8 Å². The first-order valence-corrected chi connectivity index (χ1v) is 3.99. The third-order valence-electron chi connectivity index (χ3n) is 2.11. The molecule has 0 spiro atoms. The number of likely N-dealkylation sites (tertiary alicyclic amines) is 1. The number of aliphatic carboxylic acids is 1. The van der Waals surface area contributed by atoms with E-state index in [1.807, 2.05) is 0 Å². The number of carboxylic acid groups (broad SMARTS) is 1. The summed E-state index contributed by atoms with van der Waals surface area (Å²) in [6, 6.07) is -1.39. The highest BCUT2D eigenvalue weighted by atomic mass is 19.4. The Kier molecular flexibility index (Phi) is 2.80. The van der Waals surface area contributed by atoms with Crippen LogP contribution in [0.5, 0.6) is 0 Å². The lowest BCUT2D eigenvalue weighted by molar-refractivity contribution is -0.264. The van der Waals surface area contributed by atoms with Crippen LogP contribution in [0.25, 0.3) is 0 Å². The van der Waals surface area contributed by atoms with Crippen LogP contribution in [0, 0.1) is 0 Å². The van der Waals surface area contributed by atoms with Crippen molar-refractivity contribution < 1.29 is 23.1 Å². The molecular weight excluding hydrogens is 187 g/mol. The maximum Gasteiger partial charge on any atom is 0.460 e. The zero-order valence-electron chi connectivity index (χ0n) is 6.84. The maximum absolute atomic E-state index is 12.2. The van der Waals surface area contributed by atoms with Crippen LogP contribution in [-0.4, -0.2) is 34.9 Å². The number of alkyl halides is 3. The van der Waals surface area contributed by atoms with E-state index in [1.54, 1.807) is 0 Å². The van der Waals surface area contributed by atoms with Gasteiger partial charge in [-0.1, -0.05) is 6.42 Å². The molecule has 0 amide bonds. The van der Waals surface area contributed by atoms with Crippen LogP contribution in [0.4, 0.5) is 13.2 Å². The van der Waals surface area contributed by atoms with Crippen molar-refractivity contribution in [2.45, 2.75) is 31.6 Å². The standard InChI is InChI=1S/C7H10F3NO2/c8-7(9,10)11-4-2-1-3-5(11)6(12)13/h5H,1-4H2,(H,12,13). The smallest absolute Gasteiger partial charge is 0.460 e. The Morgan fingerprint density at radius 1 is 1.38 bits per heavy atom. The van der Waals surface area contributed by atoms with Crippen molar-refractivity contribution in [3.8, 4) is 0 Å². The van der Waals surface area contributed by atoms with Crippen molar-refractivity contribution >= 4 is 5.97 Å². The molecule has 13 heavy (non-hydrogen) atoms. The van der Waals surface area contributed by atoms with Crippen molar-refractivity contribution in [1.29, 1.82) is 0 Å². The SMILES string of the molecule is O=C(O)C1CCCCN1C(F)(F)F. The minimum atomic E-state index is -4.52. The molecule has 1 N–H and O–H groups in total. The van der Waals surface area contributed by atoms with E-state index >= 15 is 0 Å². The molecule has 0 aromatic carbocycles. The number of halogens is 3. The van der Waals surface area contributed by atoms with E-state index in [0.717, 1.165) is 0 Å². The number of hydrogen-bond acceptors (Lipinski definition) is 2. The molecule has 1 fully saturated rings. The average molecular weight is 197 g/mol. The molecule has 1 atom stereocenters. The summed E-state index contributed by atoms with van der Waals surface area (Å²) in [4.78, 5) is 10.6. The van der Waals surface area contributed by atoms with Gasteiger partial charge in [0.2, 0.25) is 0 Å². The van der Waals surface area contributed by atoms with Crippen LogP contribution >= 0.6 is 0 Å². The van der Waals surface area contributed by atoms with Crippen molar-refractivity contribution in [2.75, 3.05) is 6.54 Å². The molecule has 1 unspecified atom stereocenters. The predicted octanol–water partition coefficient (Wildman–Crippen LogP) is 1.45. The average Bonchev–Trinajstić information content (AvgIpc) is 2.03. The lowest BCUT2D eigenvalue weighted by atomic mass is 10.0. The van der Waals surface area contributed by atoms with Crippen molar-refractivity contribution in [2.24, 2.45) is 0 Å². The topological polar surface area (TPSA) is 40.5 Å². The van der Waals surface area contributed by atoms with Gasteiger partial charge in [-0.05, 0) is 12.8 Å². The molecule has 1 rings (SSSR count). The van der Waals surface area contributed by atoms with Crippen LogP contribution in [-0.2, 0) is 4.79 Å². The first kappa shape index (κ1) is 10.3. The third-order valence-corrected chi connectivity index (χ3v) is 2.11. The van der Waals surface area contributed by atoms with Gasteiger partial charge in [-0.2, -0.15) is 13.2 Å². The lowest BCUT2D eigenvalue weighted by Crippen LogP contribution is -2.51. The van der Waals surface area contributed by atoms with E-state index in [1.165, 1.54) is 0 Å². The van der Waals surface area contributed by atoms with Crippen molar-refractivity contribution in [3.63, 3.8) is 0 Å². The number of nitrogens with zero attached hydrogens (tertiary/aromatic N) is 1. The molecule has 1 aliphatic heterocycles. The monoisotopic (exact) mass is 197 g/mol. The molecule has 0 saturated carbocycles.